The number of nitrogens with one attached hydrogen (secondary N) is 1. The van der Waals surface area contributed by atoms with Crippen LogP contribution in [0.3, 0.4) is 0 Å². The highest BCUT2D eigenvalue weighted by atomic mass is 16.5. The van der Waals surface area contributed by atoms with Crippen molar-refractivity contribution < 1.29 is 9.53 Å². The van der Waals surface area contributed by atoms with Crippen LogP contribution in [-0.4, -0.2) is 12.6 Å². The first-order valence-corrected chi connectivity index (χ1v) is 6.91. The molecule has 2 aromatic rings. The minimum atomic E-state index is -0.399. The molecule has 0 spiro atoms. The first kappa shape index (κ1) is 14.1. The van der Waals surface area contributed by atoms with E-state index in [0.717, 1.165) is 24.0 Å². The molecule has 0 saturated heterocycles. The quantitative estimate of drug-likeness (QED) is 0.824. The molecule has 0 saturated carbocycles. The molecule has 0 radical (unpaired) electrons. The topological polar surface area (TPSA) is 38.3 Å². The second-order valence-electron chi connectivity index (χ2n) is 4.56. The fraction of sp³-hybridized carbons (Fsp3) is 0.235. The Balaban J connectivity index is 2.01. The molecule has 0 heterocycles. The van der Waals surface area contributed by atoms with Crippen LogP contribution in [0.5, 0.6) is 5.75 Å². The molecule has 1 N–H and O–H groups in total. The van der Waals surface area contributed by atoms with Crippen molar-refractivity contribution in [2.75, 3.05) is 6.54 Å². The van der Waals surface area contributed by atoms with Gasteiger partial charge in [0.15, 0.2) is 0 Å². The average Bonchev–Trinajstić information content (AvgIpc) is 2.49. The van der Waals surface area contributed by atoms with Crippen LogP contribution in [0.4, 0.5) is 4.79 Å². The van der Waals surface area contributed by atoms with Gasteiger partial charge in [0.05, 0.1) is 0 Å². The van der Waals surface area contributed by atoms with Gasteiger partial charge in [-0.05, 0) is 29.7 Å². The maximum Gasteiger partial charge on any atom is 0.412 e. The zero-order valence-corrected chi connectivity index (χ0v) is 11.6. The maximum atomic E-state index is 11.6. The summed E-state index contributed by atoms with van der Waals surface area (Å²) < 4.78 is 5.27. The van der Waals surface area contributed by atoms with Crippen LogP contribution in [0.25, 0.3) is 11.1 Å². The summed E-state index contributed by atoms with van der Waals surface area (Å²) in [6.45, 7) is 2.73. The van der Waals surface area contributed by atoms with E-state index in [9.17, 15) is 4.79 Å². The fourth-order valence-electron chi connectivity index (χ4n) is 1.88. The molecular formula is C17H19NO2. The van der Waals surface area contributed by atoms with Crippen molar-refractivity contribution in [2.45, 2.75) is 19.8 Å². The molecule has 0 aliphatic rings. The van der Waals surface area contributed by atoms with Gasteiger partial charge in [-0.15, -0.1) is 0 Å². The van der Waals surface area contributed by atoms with Crippen molar-refractivity contribution in [2.24, 2.45) is 0 Å². The standard InChI is InChI=1S/C17H19NO2/c1-2-3-12-18-17(19)20-16-11-7-10-15(13-16)14-8-5-4-6-9-14/h4-11,13H,2-3,12H2,1H3,(H,18,19). The number of hydrogen-bond acceptors (Lipinski definition) is 2. The summed E-state index contributed by atoms with van der Waals surface area (Å²) in [7, 11) is 0. The van der Waals surface area contributed by atoms with E-state index < -0.39 is 6.09 Å². The zero-order valence-electron chi connectivity index (χ0n) is 11.6. The van der Waals surface area contributed by atoms with E-state index in [0.29, 0.717) is 12.3 Å². The smallest absolute Gasteiger partial charge is 0.410 e. The summed E-state index contributed by atoms with van der Waals surface area (Å²) in [6, 6.07) is 17.5. The highest BCUT2D eigenvalue weighted by molar-refractivity contribution is 5.72. The van der Waals surface area contributed by atoms with E-state index in [1.165, 1.54) is 0 Å². The summed E-state index contributed by atoms with van der Waals surface area (Å²) in [5, 5.41) is 2.73. The molecule has 3 heteroatoms. The van der Waals surface area contributed by atoms with Gasteiger partial charge < -0.3 is 10.1 Å². The van der Waals surface area contributed by atoms with Gasteiger partial charge in [0.1, 0.15) is 5.75 Å². The van der Waals surface area contributed by atoms with Gasteiger partial charge >= 0.3 is 6.09 Å². The largest absolute Gasteiger partial charge is 0.412 e. The Morgan fingerprint density at radius 2 is 1.80 bits per heavy atom. The number of rotatable bonds is 5. The van der Waals surface area contributed by atoms with E-state index in [1.54, 1.807) is 6.07 Å². The van der Waals surface area contributed by atoms with Gasteiger partial charge in [-0.25, -0.2) is 4.79 Å². The molecule has 20 heavy (non-hydrogen) atoms. The minimum Gasteiger partial charge on any atom is -0.410 e. The predicted molar refractivity (Wildman–Crippen MR) is 80.8 cm³/mol. The van der Waals surface area contributed by atoms with Crippen molar-refractivity contribution >= 4 is 6.09 Å². The number of ether oxygens (including phenoxy) is 1. The van der Waals surface area contributed by atoms with Crippen LogP contribution in [-0.2, 0) is 0 Å². The van der Waals surface area contributed by atoms with Crippen molar-refractivity contribution in [1.29, 1.82) is 0 Å². The van der Waals surface area contributed by atoms with E-state index in [4.69, 9.17) is 4.74 Å². The predicted octanol–water partition coefficient (Wildman–Crippen LogP) is 4.24. The number of hydrogen-bond donors (Lipinski definition) is 1. The number of amides is 1. The van der Waals surface area contributed by atoms with Crippen LogP contribution in [0.2, 0.25) is 0 Å². The van der Waals surface area contributed by atoms with Gasteiger partial charge in [-0.3, -0.25) is 0 Å². The summed E-state index contributed by atoms with van der Waals surface area (Å²) in [4.78, 5) is 11.6. The minimum absolute atomic E-state index is 0.399. The summed E-state index contributed by atoms with van der Waals surface area (Å²) in [5.74, 6) is 0.556. The molecule has 0 aliphatic heterocycles. The lowest BCUT2D eigenvalue weighted by atomic mass is 10.1. The molecule has 0 fully saturated rings. The highest BCUT2D eigenvalue weighted by Gasteiger charge is 2.04. The maximum absolute atomic E-state index is 11.6. The lowest BCUT2D eigenvalue weighted by Crippen LogP contribution is -2.27. The zero-order chi connectivity index (χ0) is 14.2. The molecule has 0 aromatic heterocycles. The Morgan fingerprint density at radius 3 is 2.55 bits per heavy atom. The third kappa shape index (κ3) is 4.12. The van der Waals surface area contributed by atoms with Crippen LogP contribution in [0, 0.1) is 0 Å². The molecule has 2 aromatic carbocycles. The summed E-state index contributed by atoms with van der Waals surface area (Å²) in [5.41, 5.74) is 2.13. The third-order valence-electron chi connectivity index (χ3n) is 2.95. The molecule has 104 valence electrons. The number of carbonyl (C=O) groups excluding carboxylic acids is 1. The first-order valence-electron chi connectivity index (χ1n) is 6.91. The van der Waals surface area contributed by atoms with E-state index in [2.05, 4.69) is 12.2 Å². The van der Waals surface area contributed by atoms with Crippen molar-refractivity contribution in [3.05, 3.63) is 54.6 Å². The van der Waals surface area contributed by atoms with Crippen LogP contribution in [0.15, 0.2) is 54.6 Å². The fourth-order valence-corrected chi connectivity index (χ4v) is 1.88. The molecule has 3 nitrogen and oxygen atoms in total. The van der Waals surface area contributed by atoms with Crippen molar-refractivity contribution in [3.63, 3.8) is 0 Å². The van der Waals surface area contributed by atoms with Crippen molar-refractivity contribution in [1.82, 2.24) is 5.32 Å². The summed E-state index contributed by atoms with van der Waals surface area (Å²) >= 11 is 0. The molecule has 0 aliphatic carbocycles. The van der Waals surface area contributed by atoms with Gasteiger partial charge in [0.25, 0.3) is 0 Å². The van der Waals surface area contributed by atoms with E-state index >= 15 is 0 Å². The number of benzene rings is 2. The second-order valence-corrected chi connectivity index (χ2v) is 4.56. The second kappa shape index (κ2) is 7.34. The van der Waals surface area contributed by atoms with Gasteiger partial charge in [-0.2, -0.15) is 0 Å². The first-order chi connectivity index (χ1) is 9.79. The highest BCUT2D eigenvalue weighted by Crippen LogP contribution is 2.23. The normalized spacial score (nSPS) is 10.1. The molecule has 1 amide bonds. The Bertz CT molecular complexity index is 552. The molecule has 2 rings (SSSR count). The Labute approximate surface area is 119 Å². The Hall–Kier alpha value is -2.29. The van der Waals surface area contributed by atoms with Gasteiger partial charge in [-0.1, -0.05) is 55.8 Å². The number of carbonyl (C=O) groups is 1. The lowest BCUT2D eigenvalue weighted by Gasteiger charge is -2.08. The van der Waals surface area contributed by atoms with E-state index in [-0.39, 0.29) is 0 Å². The third-order valence-corrected chi connectivity index (χ3v) is 2.95. The average molecular weight is 269 g/mol. The van der Waals surface area contributed by atoms with Gasteiger partial charge in [0.2, 0.25) is 0 Å². The Kier molecular flexibility index (Phi) is 5.18. The molecular weight excluding hydrogens is 250 g/mol. The molecule has 0 atom stereocenters. The van der Waals surface area contributed by atoms with Crippen LogP contribution in [0.1, 0.15) is 19.8 Å². The molecule has 0 bridgehead atoms. The van der Waals surface area contributed by atoms with E-state index in [1.807, 2.05) is 48.5 Å². The molecule has 0 unspecified atom stereocenters. The number of unbranched alkanes of at least 4 members (excludes halogenated alkanes) is 1. The van der Waals surface area contributed by atoms with Crippen LogP contribution < -0.4 is 10.1 Å². The SMILES string of the molecule is CCCCNC(=O)Oc1cccc(-c2ccccc2)c1. The van der Waals surface area contributed by atoms with Crippen molar-refractivity contribution in [3.8, 4) is 16.9 Å². The lowest BCUT2D eigenvalue weighted by molar-refractivity contribution is 0.200. The Morgan fingerprint density at radius 1 is 1.05 bits per heavy atom. The van der Waals surface area contributed by atoms with Crippen LogP contribution >= 0.6 is 0 Å². The summed E-state index contributed by atoms with van der Waals surface area (Å²) in [6.07, 6.45) is 1.60. The van der Waals surface area contributed by atoms with Gasteiger partial charge in [0, 0.05) is 6.54 Å². The monoisotopic (exact) mass is 269 g/mol.